The first-order chi connectivity index (χ1) is 15.7. The van der Waals surface area contributed by atoms with E-state index in [9.17, 15) is 14.0 Å². The van der Waals surface area contributed by atoms with E-state index in [0.717, 1.165) is 33.8 Å². The Morgan fingerprint density at radius 2 is 1.73 bits per heavy atom. The SMILES string of the molecule is COc1ccc(-n2c(C)cc(/C=C3\C(=O)NC(=S)N(c4ccc(F)c(Cl)c4)C3=O)c2C)cc1. The van der Waals surface area contributed by atoms with Gasteiger partial charge < -0.3 is 9.30 Å². The Balaban J connectivity index is 1.74. The number of hydrogen-bond acceptors (Lipinski definition) is 4. The number of benzene rings is 2. The molecular formula is C24H19ClFN3O3S. The monoisotopic (exact) mass is 483 g/mol. The quantitative estimate of drug-likeness (QED) is 0.331. The average molecular weight is 484 g/mol. The summed E-state index contributed by atoms with van der Waals surface area (Å²) in [6.07, 6.45) is 1.53. The lowest BCUT2D eigenvalue weighted by Crippen LogP contribution is -2.54. The zero-order valence-corrected chi connectivity index (χ0v) is 19.6. The van der Waals surface area contributed by atoms with Crippen molar-refractivity contribution in [3.8, 4) is 11.4 Å². The maximum Gasteiger partial charge on any atom is 0.270 e. The van der Waals surface area contributed by atoms with Crippen LogP contribution in [0.2, 0.25) is 5.02 Å². The molecule has 2 aromatic carbocycles. The normalized spacial score (nSPS) is 15.2. The number of anilines is 1. The van der Waals surface area contributed by atoms with Crippen molar-refractivity contribution in [2.45, 2.75) is 13.8 Å². The van der Waals surface area contributed by atoms with E-state index in [0.29, 0.717) is 5.56 Å². The van der Waals surface area contributed by atoms with Crippen molar-refractivity contribution in [2.75, 3.05) is 12.0 Å². The maximum atomic E-state index is 13.6. The molecule has 1 aliphatic rings. The number of carbonyl (C=O) groups is 2. The molecule has 1 aromatic heterocycles. The Kier molecular flexibility index (Phi) is 6.05. The molecule has 0 unspecified atom stereocenters. The highest BCUT2D eigenvalue weighted by molar-refractivity contribution is 7.80. The Morgan fingerprint density at radius 3 is 2.36 bits per heavy atom. The van der Waals surface area contributed by atoms with Crippen LogP contribution in [0, 0.1) is 19.7 Å². The summed E-state index contributed by atoms with van der Waals surface area (Å²) in [5.74, 6) is -1.11. The number of methoxy groups -OCH3 is 1. The first kappa shape index (κ1) is 22.7. The third-order valence-electron chi connectivity index (χ3n) is 5.36. The van der Waals surface area contributed by atoms with Crippen molar-refractivity contribution in [1.82, 2.24) is 9.88 Å². The summed E-state index contributed by atoms with van der Waals surface area (Å²) in [5.41, 5.74) is 3.54. The van der Waals surface area contributed by atoms with Gasteiger partial charge in [-0.15, -0.1) is 0 Å². The first-order valence-corrected chi connectivity index (χ1v) is 10.7. The highest BCUT2D eigenvalue weighted by atomic mass is 35.5. The topological polar surface area (TPSA) is 63.6 Å². The summed E-state index contributed by atoms with van der Waals surface area (Å²) in [7, 11) is 1.60. The largest absolute Gasteiger partial charge is 0.497 e. The number of rotatable bonds is 4. The van der Waals surface area contributed by atoms with E-state index < -0.39 is 17.6 Å². The molecule has 9 heteroatoms. The number of hydrogen-bond donors (Lipinski definition) is 1. The van der Waals surface area contributed by atoms with Gasteiger partial charge in [-0.25, -0.2) is 4.39 Å². The van der Waals surface area contributed by atoms with Gasteiger partial charge in [0.15, 0.2) is 5.11 Å². The molecule has 1 aliphatic heterocycles. The highest BCUT2D eigenvalue weighted by Crippen LogP contribution is 2.28. The molecule has 0 atom stereocenters. The van der Waals surface area contributed by atoms with Gasteiger partial charge in [-0.3, -0.25) is 19.8 Å². The number of thiocarbonyl (C=S) groups is 1. The Hall–Kier alpha value is -3.49. The van der Waals surface area contributed by atoms with E-state index in [4.69, 9.17) is 28.6 Å². The molecule has 0 radical (unpaired) electrons. The fourth-order valence-corrected chi connectivity index (χ4v) is 4.19. The van der Waals surface area contributed by atoms with Crippen LogP contribution in [-0.4, -0.2) is 28.6 Å². The van der Waals surface area contributed by atoms with Crippen LogP contribution >= 0.6 is 23.8 Å². The average Bonchev–Trinajstić information content (AvgIpc) is 3.06. The highest BCUT2D eigenvalue weighted by Gasteiger charge is 2.35. The van der Waals surface area contributed by atoms with Crippen molar-refractivity contribution < 1.29 is 18.7 Å². The van der Waals surface area contributed by atoms with Crippen LogP contribution in [0.3, 0.4) is 0 Å². The summed E-state index contributed by atoms with van der Waals surface area (Å²) in [5, 5.41) is 2.26. The molecule has 33 heavy (non-hydrogen) atoms. The van der Waals surface area contributed by atoms with E-state index in [-0.39, 0.29) is 21.4 Å². The zero-order valence-electron chi connectivity index (χ0n) is 18.0. The number of carbonyl (C=O) groups excluding carboxylic acids is 2. The fraction of sp³-hybridized carbons (Fsp3) is 0.125. The molecule has 4 rings (SSSR count). The fourth-order valence-electron chi connectivity index (χ4n) is 3.73. The standard InChI is InChI=1S/C24H19ClFN3O3S/c1-13-10-15(14(2)28(13)16-4-7-18(32-3)8-5-16)11-19-22(30)27-24(33)29(23(19)31)17-6-9-21(26)20(25)12-17/h4-12H,1-3H3,(H,27,30,33)/b19-11+. The molecule has 0 spiro atoms. The van der Waals surface area contributed by atoms with Crippen LogP contribution in [-0.2, 0) is 9.59 Å². The molecule has 2 amide bonds. The van der Waals surface area contributed by atoms with Crippen molar-refractivity contribution in [3.63, 3.8) is 0 Å². The molecule has 1 N–H and O–H groups in total. The summed E-state index contributed by atoms with van der Waals surface area (Å²) in [4.78, 5) is 27.0. The molecule has 6 nitrogen and oxygen atoms in total. The minimum Gasteiger partial charge on any atom is -0.497 e. The lowest BCUT2D eigenvalue weighted by atomic mass is 10.1. The van der Waals surface area contributed by atoms with Gasteiger partial charge >= 0.3 is 0 Å². The van der Waals surface area contributed by atoms with Crippen LogP contribution in [0.15, 0.2) is 54.1 Å². The maximum absolute atomic E-state index is 13.6. The number of nitrogens with one attached hydrogen (secondary N) is 1. The van der Waals surface area contributed by atoms with E-state index in [1.54, 1.807) is 7.11 Å². The Labute approximate surface area is 200 Å². The smallest absolute Gasteiger partial charge is 0.270 e. The Bertz CT molecular complexity index is 1330. The van der Waals surface area contributed by atoms with Gasteiger partial charge in [0, 0.05) is 17.1 Å². The summed E-state index contributed by atoms with van der Waals surface area (Å²) < 4.78 is 20.8. The van der Waals surface area contributed by atoms with Crippen LogP contribution in [0.1, 0.15) is 17.0 Å². The minimum absolute atomic E-state index is 0.0981. The molecule has 0 saturated carbocycles. The molecule has 1 fully saturated rings. The third kappa shape index (κ3) is 4.15. The van der Waals surface area contributed by atoms with Crippen molar-refractivity contribution in [1.29, 1.82) is 0 Å². The number of ether oxygens (including phenoxy) is 1. The second-order valence-electron chi connectivity index (χ2n) is 7.42. The second-order valence-corrected chi connectivity index (χ2v) is 8.21. The molecule has 168 valence electrons. The zero-order chi connectivity index (χ0) is 23.9. The third-order valence-corrected chi connectivity index (χ3v) is 5.94. The summed E-state index contributed by atoms with van der Waals surface area (Å²) in [6.45, 7) is 3.83. The van der Waals surface area contributed by atoms with Gasteiger partial charge in [0.05, 0.1) is 17.8 Å². The summed E-state index contributed by atoms with van der Waals surface area (Å²) in [6, 6.07) is 13.2. The van der Waals surface area contributed by atoms with E-state index >= 15 is 0 Å². The molecule has 3 aromatic rings. The molecule has 0 bridgehead atoms. The number of amides is 2. The van der Waals surface area contributed by atoms with Gasteiger partial charge in [-0.05, 0) is 86.2 Å². The number of halogens is 2. The lowest BCUT2D eigenvalue weighted by Gasteiger charge is -2.29. The molecule has 2 heterocycles. The number of aryl methyl sites for hydroxylation is 1. The van der Waals surface area contributed by atoms with E-state index in [1.807, 2.05) is 48.7 Å². The lowest BCUT2D eigenvalue weighted by molar-refractivity contribution is -0.122. The van der Waals surface area contributed by atoms with Crippen molar-refractivity contribution >= 4 is 52.5 Å². The number of nitrogens with zero attached hydrogens (tertiary/aromatic N) is 2. The summed E-state index contributed by atoms with van der Waals surface area (Å²) >= 11 is 11.1. The molecule has 0 aliphatic carbocycles. The first-order valence-electron chi connectivity index (χ1n) is 9.91. The van der Waals surface area contributed by atoms with E-state index in [2.05, 4.69) is 5.32 Å². The predicted octanol–water partition coefficient (Wildman–Crippen LogP) is 4.73. The van der Waals surface area contributed by atoms with Crippen LogP contribution in [0.25, 0.3) is 11.8 Å². The Morgan fingerprint density at radius 1 is 1.06 bits per heavy atom. The van der Waals surface area contributed by atoms with Crippen molar-refractivity contribution in [2.24, 2.45) is 0 Å². The predicted molar refractivity (Wildman–Crippen MR) is 129 cm³/mol. The minimum atomic E-state index is -0.624. The number of aromatic nitrogens is 1. The van der Waals surface area contributed by atoms with Gasteiger partial charge in [0.25, 0.3) is 11.8 Å². The van der Waals surface area contributed by atoms with Crippen LogP contribution in [0.5, 0.6) is 5.75 Å². The molecule has 1 saturated heterocycles. The molecular weight excluding hydrogens is 465 g/mol. The van der Waals surface area contributed by atoms with Gasteiger partial charge in [-0.2, -0.15) is 0 Å². The van der Waals surface area contributed by atoms with Gasteiger partial charge in [0.2, 0.25) is 0 Å². The van der Waals surface area contributed by atoms with Gasteiger partial charge in [0.1, 0.15) is 17.1 Å². The van der Waals surface area contributed by atoms with Crippen LogP contribution < -0.4 is 15.0 Å². The van der Waals surface area contributed by atoms with Gasteiger partial charge in [-0.1, -0.05) is 11.6 Å². The van der Waals surface area contributed by atoms with Crippen molar-refractivity contribution in [3.05, 3.63) is 81.9 Å². The van der Waals surface area contributed by atoms with E-state index in [1.165, 1.54) is 18.2 Å². The second kappa shape index (κ2) is 8.80. The van der Waals surface area contributed by atoms with Crippen LogP contribution in [0.4, 0.5) is 10.1 Å².